The molecule has 0 unspecified atom stereocenters. The fourth-order valence-corrected chi connectivity index (χ4v) is 18.2. The minimum absolute atomic E-state index is 0.00268. The van der Waals surface area contributed by atoms with Crippen molar-refractivity contribution >= 4 is 46.7 Å². The van der Waals surface area contributed by atoms with Crippen LogP contribution in [-0.4, -0.2) is 194 Å². The monoisotopic (exact) mass is 1530 g/mol. The van der Waals surface area contributed by atoms with Crippen LogP contribution >= 0.6 is 0 Å². The molecule has 18 nitrogen and oxygen atoms in total. The molecule has 9 aromatic carbocycles. The van der Waals surface area contributed by atoms with Gasteiger partial charge in [-0.15, -0.1) is 0 Å². The van der Waals surface area contributed by atoms with Crippen LogP contribution in [0.25, 0.3) is 4.85 Å². The van der Waals surface area contributed by atoms with E-state index in [2.05, 4.69) is 186 Å². The maximum absolute atomic E-state index is 13.9. The molecule has 0 N–H and O–H groups in total. The van der Waals surface area contributed by atoms with Crippen LogP contribution in [0.4, 0.5) is 17.1 Å². The van der Waals surface area contributed by atoms with E-state index in [1.165, 1.54) is 22.3 Å². The van der Waals surface area contributed by atoms with E-state index in [-0.39, 0.29) is 42.7 Å². The van der Waals surface area contributed by atoms with Gasteiger partial charge in [-0.05, 0) is 155 Å². The molecule has 3 amide bonds. The van der Waals surface area contributed by atoms with Crippen molar-refractivity contribution in [1.82, 2.24) is 29.4 Å². The molecule has 0 saturated carbocycles. The van der Waals surface area contributed by atoms with E-state index < -0.39 is 22.0 Å². The van der Waals surface area contributed by atoms with Crippen molar-refractivity contribution < 1.29 is 33.4 Å². The topological polar surface area (TPSA) is 161 Å². The summed E-state index contributed by atoms with van der Waals surface area (Å²) in [6, 6.07) is 96.1. The first-order valence-electron chi connectivity index (χ1n) is 40.7. The minimum atomic E-state index is -0.757. The second kappa shape index (κ2) is 38.4. The van der Waals surface area contributed by atoms with Crippen LogP contribution in [0, 0.1) is 17.9 Å². The second-order valence-corrected chi connectivity index (χ2v) is 30.7. The van der Waals surface area contributed by atoms with Gasteiger partial charge in [0.25, 0.3) is 11.8 Å². The van der Waals surface area contributed by atoms with Crippen LogP contribution in [0.5, 0.6) is 0 Å². The van der Waals surface area contributed by atoms with Gasteiger partial charge >= 0.3 is 11.9 Å². The van der Waals surface area contributed by atoms with E-state index in [1.807, 2.05) is 132 Å². The first-order valence-corrected chi connectivity index (χ1v) is 40.7. The zero-order valence-corrected chi connectivity index (χ0v) is 66.0. The molecule has 114 heavy (non-hydrogen) atoms. The average molecular weight is 1530 g/mol. The normalized spacial score (nSPS) is 17.4. The highest BCUT2D eigenvalue weighted by atomic mass is 16.5. The molecule has 15 rings (SSSR count). The largest absolute Gasteiger partial charge is 0.465 e. The molecule has 6 heterocycles. The van der Waals surface area contributed by atoms with E-state index >= 15 is 0 Å². The molecule has 3 spiro atoms. The number of anilines is 3. The lowest BCUT2D eigenvalue weighted by atomic mass is 9.73. The van der Waals surface area contributed by atoms with Crippen molar-refractivity contribution in [3.05, 3.63) is 318 Å². The molecule has 6 aliphatic rings. The van der Waals surface area contributed by atoms with Crippen molar-refractivity contribution in [2.45, 2.75) is 106 Å². The highest BCUT2D eigenvalue weighted by Crippen LogP contribution is 2.45. The lowest BCUT2D eigenvalue weighted by Crippen LogP contribution is -2.57. The second-order valence-electron chi connectivity index (χ2n) is 30.7. The van der Waals surface area contributed by atoms with Gasteiger partial charge in [0.15, 0.2) is 0 Å². The molecule has 588 valence electrons. The fourth-order valence-electron chi connectivity index (χ4n) is 18.2. The summed E-state index contributed by atoms with van der Waals surface area (Å²) in [6.07, 6.45) is 7.12. The number of nitrogens with zero attached hydrogens (tertiary/aromatic N) is 11. The first kappa shape index (κ1) is 80.6. The van der Waals surface area contributed by atoms with Gasteiger partial charge in [-0.3, -0.25) is 24.0 Å². The third kappa shape index (κ3) is 18.3. The molecule has 0 aromatic heterocycles. The summed E-state index contributed by atoms with van der Waals surface area (Å²) < 4.78 is 10.3. The van der Waals surface area contributed by atoms with Crippen LogP contribution in [-0.2, 0) is 38.9 Å². The van der Waals surface area contributed by atoms with Crippen LogP contribution in [0.3, 0.4) is 0 Å². The number of carbonyl (C=O) groups is 5. The van der Waals surface area contributed by atoms with E-state index in [0.29, 0.717) is 77.4 Å². The average Bonchev–Trinajstić information content (AvgIpc) is 1.59. The van der Waals surface area contributed by atoms with Gasteiger partial charge < -0.3 is 58.4 Å². The summed E-state index contributed by atoms with van der Waals surface area (Å²) in [5.41, 5.74) is 7.89. The summed E-state index contributed by atoms with van der Waals surface area (Å²) in [4.78, 5) is 88.6. The molecule has 18 heteroatoms. The lowest BCUT2D eigenvalue weighted by Gasteiger charge is -2.44. The number of hydrogen-bond acceptors (Lipinski definition) is 14. The fraction of sp³-hybridized carbons (Fsp3) is 0.365. The summed E-state index contributed by atoms with van der Waals surface area (Å²) in [6.45, 7) is 21.2. The van der Waals surface area contributed by atoms with Crippen molar-refractivity contribution in [1.29, 1.82) is 5.26 Å². The van der Waals surface area contributed by atoms with E-state index in [0.717, 1.165) is 126 Å². The molecule has 6 saturated heterocycles. The highest BCUT2D eigenvalue weighted by molar-refractivity contribution is 5.97. The Morgan fingerprint density at radius 3 is 0.965 bits per heavy atom. The van der Waals surface area contributed by atoms with Gasteiger partial charge in [-0.25, -0.2) is 6.57 Å². The molecule has 0 bridgehead atoms. The van der Waals surface area contributed by atoms with Crippen LogP contribution in [0.15, 0.2) is 273 Å². The first-order chi connectivity index (χ1) is 55.8. The summed E-state index contributed by atoms with van der Waals surface area (Å²) >= 11 is 0. The maximum atomic E-state index is 13.9. The van der Waals surface area contributed by atoms with Crippen molar-refractivity contribution in [3.8, 4) is 6.07 Å². The number of carbonyl (C=O) groups excluding carboxylic acids is 5. The number of rotatable bonds is 26. The van der Waals surface area contributed by atoms with Gasteiger partial charge in [0.2, 0.25) is 12.5 Å². The summed E-state index contributed by atoms with van der Waals surface area (Å²) in [5, 5.41) is 10.6. The van der Waals surface area contributed by atoms with Crippen LogP contribution in [0.1, 0.15) is 117 Å². The molecule has 0 atom stereocenters. The zero-order chi connectivity index (χ0) is 79.2. The molecular weight excluding hydrogens is 1420 g/mol. The lowest BCUT2D eigenvalue weighted by molar-refractivity contribution is -0.149. The molecule has 6 aliphatic heterocycles. The third-order valence-electron chi connectivity index (χ3n) is 24.3. The Bertz CT molecular complexity index is 4520. The predicted molar refractivity (Wildman–Crippen MR) is 449 cm³/mol. The Morgan fingerprint density at radius 1 is 0.404 bits per heavy atom. The Balaban J connectivity index is 0.000000149. The summed E-state index contributed by atoms with van der Waals surface area (Å²) in [5.74, 6) is 0.193. The molecule has 6 fully saturated rings. The van der Waals surface area contributed by atoms with Crippen molar-refractivity contribution in [3.63, 3.8) is 0 Å². The Labute approximate surface area is 673 Å². The highest BCUT2D eigenvalue weighted by Gasteiger charge is 2.57. The maximum Gasteiger partial charge on any atom is 0.325 e. The zero-order valence-electron chi connectivity index (χ0n) is 66.0. The number of hydrogen-bond donors (Lipinski definition) is 0. The number of esters is 2. The standard InChI is InChI=1S/C33H36N4O3.C32H37N3O3.C31H34N4O/c1-2-40-30(38)24-36-26-37(29-16-10-5-11-17-29)33(31(36)39)19-22-35(23-20-33)21-18-32(25-34,27-12-6-3-7-13-27)28-14-8-4-9-15-28;1-2-38-30(36)24-34-25-35(28-16-10-5-11-17-28)32(31(34)37)19-22-33(23-20-32)21-18-29(26-12-6-3-7-13-26)27-14-8-4-9-15-27;1-32-20-24-34-25-35(28-15-9-4-10-16-28)31(30(34)36)18-22-33(23-19-31)21-17-29(26-11-5-2-6-12-26)27-13-7-3-8-14-27/h3-17H,2,18-24,26H2,1H3;3-17,29H,2,18-25H2,1H3;2-16,29H,17-25H2. The van der Waals surface area contributed by atoms with Gasteiger partial charge in [0.1, 0.15) is 35.1 Å². The van der Waals surface area contributed by atoms with Gasteiger partial charge in [0, 0.05) is 74.7 Å². The number of piperidine rings is 3. The molecular formula is C96H107N11O7. The smallest absolute Gasteiger partial charge is 0.325 e. The van der Waals surface area contributed by atoms with E-state index in [1.54, 1.807) is 23.6 Å². The predicted octanol–water partition coefficient (Wildman–Crippen LogP) is 14.8. The van der Waals surface area contributed by atoms with E-state index in [4.69, 9.17) is 16.0 Å². The molecule has 0 aliphatic carbocycles. The van der Waals surface area contributed by atoms with E-state index in [9.17, 15) is 29.2 Å². The van der Waals surface area contributed by atoms with Gasteiger partial charge in [-0.2, -0.15) is 5.26 Å². The number of amides is 3. The number of ether oxygens (including phenoxy) is 2. The van der Waals surface area contributed by atoms with Crippen molar-refractivity contribution in [2.75, 3.05) is 133 Å². The van der Waals surface area contributed by atoms with Crippen LogP contribution < -0.4 is 14.7 Å². The Hall–Kier alpha value is -11.4. The Kier molecular flexibility index (Phi) is 27.2. The SMILES string of the molecule is CCOC(=O)CN1CN(c2ccccc2)C2(CCN(CCC(C#N)(c3ccccc3)c3ccccc3)CC2)C1=O.CCOC(=O)CN1CN(c2ccccc2)C2(CCN(CCC(c3ccccc3)c3ccccc3)CC2)C1=O.[C-]#[N+]CCN1CN(c2ccccc2)C2(CCN(CCC(c3ccccc3)c3ccccc3)CC2)C1=O. The summed E-state index contributed by atoms with van der Waals surface area (Å²) in [7, 11) is 0. The molecule has 9 aromatic rings. The number of likely N-dealkylation sites (tertiary alicyclic amines) is 3. The van der Waals surface area contributed by atoms with Crippen LogP contribution in [0.2, 0.25) is 0 Å². The number of benzene rings is 9. The Morgan fingerprint density at radius 2 is 0.675 bits per heavy atom. The molecule has 0 radical (unpaired) electrons. The number of para-hydroxylation sites is 3. The quantitative estimate of drug-likeness (QED) is 0.0372. The van der Waals surface area contributed by atoms with Crippen molar-refractivity contribution in [2.24, 2.45) is 0 Å². The van der Waals surface area contributed by atoms with Gasteiger partial charge in [-0.1, -0.05) is 237 Å². The van der Waals surface area contributed by atoms with Gasteiger partial charge in [0.05, 0.1) is 45.8 Å². The minimum Gasteiger partial charge on any atom is -0.465 e. The number of nitriles is 1. The third-order valence-corrected chi connectivity index (χ3v) is 24.3.